The minimum atomic E-state index is -3.59. The summed E-state index contributed by atoms with van der Waals surface area (Å²) in [5.41, 5.74) is -0.0986. The molecule has 0 saturated carbocycles. The van der Waals surface area contributed by atoms with Crippen LogP contribution in [0.3, 0.4) is 0 Å². The number of rotatable bonds is 4. The molecule has 0 spiro atoms. The van der Waals surface area contributed by atoms with Crippen LogP contribution in [0.2, 0.25) is 5.02 Å². The Morgan fingerprint density at radius 2 is 2.20 bits per heavy atom. The molecule has 1 heterocycles. The second-order valence-electron chi connectivity index (χ2n) is 4.87. The highest BCUT2D eigenvalue weighted by atomic mass is 35.5. The van der Waals surface area contributed by atoms with Gasteiger partial charge in [0.2, 0.25) is 10.0 Å². The summed E-state index contributed by atoms with van der Waals surface area (Å²) in [6, 6.07) is 3.73. The highest BCUT2D eigenvalue weighted by Gasteiger charge is 2.32. The van der Waals surface area contributed by atoms with Crippen LogP contribution in [0.15, 0.2) is 23.1 Å². The number of benzene rings is 1. The summed E-state index contributed by atoms with van der Waals surface area (Å²) in [5.74, 6) is -0.787. The fraction of sp³-hybridized carbons (Fsp3) is 0.462. The van der Waals surface area contributed by atoms with Crippen molar-refractivity contribution >= 4 is 27.6 Å². The van der Waals surface area contributed by atoms with Crippen LogP contribution in [0, 0.1) is 5.92 Å². The maximum Gasteiger partial charge on any atom is 0.337 e. The molecule has 1 fully saturated rings. The molecule has 0 amide bonds. The molecule has 0 aliphatic carbocycles. The Kier molecular flexibility index (Phi) is 4.36. The van der Waals surface area contributed by atoms with Gasteiger partial charge in [-0.15, -0.1) is 0 Å². The van der Waals surface area contributed by atoms with E-state index in [1.54, 1.807) is 0 Å². The monoisotopic (exact) mass is 317 g/mol. The molecule has 0 bridgehead atoms. The standard InChI is InChI=1S/C13H16ClNO4S/c1-2-9-5-6-15(8-9)20(18,19)10-3-4-11(13(16)17)12(14)7-10/h3-4,7,9H,2,5-6,8H2,1H3,(H,16,17). The molecule has 1 unspecified atom stereocenters. The number of sulfonamides is 1. The fourth-order valence-corrected chi connectivity index (χ4v) is 4.21. The maximum atomic E-state index is 12.4. The lowest BCUT2D eigenvalue weighted by molar-refractivity contribution is 0.0697. The van der Waals surface area contributed by atoms with E-state index in [0.717, 1.165) is 12.8 Å². The summed E-state index contributed by atoms with van der Waals surface area (Å²) in [4.78, 5) is 10.9. The zero-order valence-electron chi connectivity index (χ0n) is 11.0. The molecule has 5 nitrogen and oxygen atoms in total. The number of hydrogen-bond acceptors (Lipinski definition) is 3. The Labute approximate surface area is 123 Å². The number of carboxylic acid groups (broad SMARTS) is 1. The summed E-state index contributed by atoms with van der Waals surface area (Å²) >= 11 is 5.83. The van der Waals surface area contributed by atoms with Gasteiger partial charge < -0.3 is 5.11 Å². The van der Waals surface area contributed by atoms with E-state index in [1.165, 1.54) is 22.5 Å². The summed E-state index contributed by atoms with van der Waals surface area (Å²) < 4.78 is 26.3. The molecule has 20 heavy (non-hydrogen) atoms. The Hall–Kier alpha value is -1.11. The van der Waals surface area contributed by atoms with E-state index in [4.69, 9.17) is 16.7 Å². The van der Waals surface area contributed by atoms with Crippen LogP contribution in [0.4, 0.5) is 0 Å². The lowest BCUT2D eigenvalue weighted by Crippen LogP contribution is -2.28. The fourth-order valence-electron chi connectivity index (χ4n) is 2.33. The molecular weight excluding hydrogens is 302 g/mol. The quantitative estimate of drug-likeness (QED) is 0.925. The van der Waals surface area contributed by atoms with E-state index in [-0.39, 0.29) is 15.5 Å². The van der Waals surface area contributed by atoms with Crippen LogP contribution in [0.1, 0.15) is 30.1 Å². The lowest BCUT2D eigenvalue weighted by Gasteiger charge is -2.16. The molecular formula is C13H16ClNO4S. The lowest BCUT2D eigenvalue weighted by atomic mass is 10.1. The van der Waals surface area contributed by atoms with Gasteiger partial charge in [-0.05, 0) is 30.5 Å². The van der Waals surface area contributed by atoms with Crippen LogP contribution < -0.4 is 0 Å². The molecule has 1 aliphatic rings. The van der Waals surface area contributed by atoms with Gasteiger partial charge in [0.15, 0.2) is 0 Å². The number of hydrogen-bond donors (Lipinski definition) is 1. The van der Waals surface area contributed by atoms with Gasteiger partial charge in [0.05, 0.1) is 15.5 Å². The first-order chi connectivity index (χ1) is 9.36. The smallest absolute Gasteiger partial charge is 0.337 e. The third-order valence-electron chi connectivity index (χ3n) is 3.63. The van der Waals surface area contributed by atoms with Crippen molar-refractivity contribution in [3.63, 3.8) is 0 Å². The Morgan fingerprint density at radius 1 is 1.50 bits per heavy atom. The van der Waals surface area contributed by atoms with E-state index >= 15 is 0 Å². The first-order valence-electron chi connectivity index (χ1n) is 6.39. The van der Waals surface area contributed by atoms with E-state index in [9.17, 15) is 13.2 Å². The average molecular weight is 318 g/mol. The van der Waals surface area contributed by atoms with Crippen LogP contribution in [-0.4, -0.2) is 36.9 Å². The third-order valence-corrected chi connectivity index (χ3v) is 5.81. The van der Waals surface area contributed by atoms with E-state index in [0.29, 0.717) is 19.0 Å². The Bertz CT molecular complexity index is 629. The van der Waals surface area contributed by atoms with Gasteiger partial charge in [-0.3, -0.25) is 0 Å². The highest BCUT2D eigenvalue weighted by molar-refractivity contribution is 7.89. The highest BCUT2D eigenvalue weighted by Crippen LogP contribution is 2.28. The van der Waals surface area contributed by atoms with Crippen molar-refractivity contribution < 1.29 is 18.3 Å². The average Bonchev–Trinajstić information content (AvgIpc) is 2.87. The minimum Gasteiger partial charge on any atom is -0.478 e. The van der Waals surface area contributed by atoms with Crippen LogP contribution in [0.25, 0.3) is 0 Å². The molecule has 1 atom stereocenters. The zero-order chi connectivity index (χ0) is 14.9. The van der Waals surface area contributed by atoms with Crippen molar-refractivity contribution in [1.82, 2.24) is 4.31 Å². The van der Waals surface area contributed by atoms with Gasteiger partial charge in [0.25, 0.3) is 0 Å². The Balaban J connectivity index is 2.31. The largest absolute Gasteiger partial charge is 0.478 e. The molecule has 110 valence electrons. The summed E-state index contributed by atoms with van der Waals surface area (Å²) in [6.07, 6.45) is 1.81. The summed E-state index contributed by atoms with van der Waals surface area (Å²) in [7, 11) is -3.59. The van der Waals surface area contributed by atoms with Gasteiger partial charge >= 0.3 is 5.97 Å². The molecule has 7 heteroatoms. The second-order valence-corrected chi connectivity index (χ2v) is 7.22. The van der Waals surface area contributed by atoms with Gasteiger partial charge in [-0.2, -0.15) is 4.31 Å². The molecule has 1 saturated heterocycles. The molecule has 0 radical (unpaired) electrons. The number of carboxylic acids is 1. The molecule has 1 aromatic rings. The molecule has 1 aromatic carbocycles. The molecule has 0 aromatic heterocycles. The maximum absolute atomic E-state index is 12.4. The minimum absolute atomic E-state index is 0.0456. The second kappa shape index (κ2) is 5.71. The third kappa shape index (κ3) is 2.82. The van der Waals surface area contributed by atoms with Crippen LogP contribution in [0.5, 0.6) is 0 Å². The molecule has 2 rings (SSSR count). The summed E-state index contributed by atoms with van der Waals surface area (Å²) in [6.45, 7) is 3.05. The zero-order valence-corrected chi connectivity index (χ0v) is 12.6. The SMILES string of the molecule is CCC1CCN(S(=O)(=O)c2ccc(C(=O)O)c(Cl)c2)C1. The predicted molar refractivity (Wildman–Crippen MR) is 75.6 cm³/mol. The Morgan fingerprint density at radius 3 is 2.70 bits per heavy atom. The molecule has 1 N–H and O–H groups in total. The van der Waals surface area contributed by atoms with Crippen molar-refractivity contribution in [3.05, 3.63) is 28.8 Å². The predicted octanol–water partition coefficient (Wildman–Crippen LogP) is 2.46. The van der Waals surface area contributed by atoms with E-state index in [1.807, 2.05) is 6.92 Å². The first-order valence-corrected chi connectivity index (χ1v) is 8.21. The normalized spacial score (nSPS) is 20.2. The number of carbonyl (C=O) groups is 1. The van der Waals surface area contributed by atoms with Gasteiger partial charge in [0.1, 0.15) is 0 Å². The summed E-state index contributed by atoms with van der Waals surface area (Å²) in [5, 5.41) is 8.83. The van der Waals surface area contributed by atoms with Crippen molar-refractivity contribution in [2.24, 2.45) is 5.92 Å². The number of halogens is 1. The van der Waals surface area contributed by atoms with Crippen molar-refractivity contribution in [1.29, 1.82) is 0 Å². The molecule has 1 aliphatic heterocycles. The van der Waals surface area contributed by atoms with Crippen molar-refractivity contribution in [2.75, 3.05) is 13.1 Å². The van der Waals surface area contributed by atoms with Gasteiger partial charge in [-0.1, -0.05) is 24.9 Å². The van der Waals surface area contributed by atoms with Gasteiger partial charge in [0, 0.05) is 13.1 Å². The van der Waals surface area contributed by atoms with Crippen molar-refractivity contribution in [2.45, 2.75) is 24.7 Å². The van der Waals surface area contributed by atoms with Gasteiger partial charge in [-0.25, -0.2) is 13.2 Å². The first kappa shape index (κ1) is 15.3. The van der Waals surface area contributed by atoms with Crippen molar-refractivity contribution in [3.8, 4) is 0 Å². The van der Waals surface area contributed by atoms with E-state index < -0.39 is 16.0 Å². The number of nitrogens with zero attached hydrogens (tertiary/aromatic N) is 1. The van der Waals surface area contributed by atoms with E-state index in [2.05, 4.69) is 0 Å². The van der Waals surface area contributed by atoms with Crippen LogP contribution >= 0.6 is 11.6 Å². The van der Waals surface area contributed by atoms with Crippen LogP contribution in [-0.2, 0) is 10.0 Å². The topological polar surface area (TPSA) is 74.7 Å². The number of aromatic carboxylic acids is 1.